The first-order chi connectivity index (χ1) is 9.74. The Morgan fingerprint density at radius 2 is 2.35 bits per heavy atom. The van der Waals surface area contributed by atoms with Crippen LogP contribution in [0, 0.1) is 11.3 Å². The first-order valence-electron chi connectivity index (χ1n) is 6.98. The van der Waals surface area contributed by atoms with Gasteiger partial charge >= 0.3 is 0 Å². The third-order valence-corrected chi connectivity index (χ3v) is 5.45. The minimum atomic E-state index is 0.440. The van der Waals surface area contributed by atoms with Crippen LogP contribution in [0.2, 0.25) is 0 Å². The Balaban J connectivity index is 2.07. The first kappa shape index (κ1) is 13.4. The van der Waals surface area contributed by atoms with E-state index in [0.29, 0.717) is 17.5 Å². The van der Waals surface area contributed by atoms with Crippen molar-refractivity contribution < 1.29 is 4.74 Å². The average molecular weight is 286 g/mol. The van der Waals surface area contributed by atoms with Gasteiger partial charge in [-0.3, -0.25) is 0 Å². The summed E-state index contributed by atoms with van der Waals surface area (Å²) in [6, 6.07) is 8.56. The van der Waals surface area contributed by atoms with Gasteiger partial charge in [0.1, 0.15) is 5.75 Å². The van der Waals surface area contributed by atoms with Crippen LogP contribution < -0.4 is 10.1 Å². The summed E-state index contributed by atoms with van der Waals surface area (Å²) in [6.07, 6.45) is 2.48. The van der Waals surface area contributed by atoms with Gasteiger partial charge in [-0.15, -0.1) is 11.3 Å². The third-order valence-electron chi connectivity index (χ3n) is 4.12. The Hall–Kier alpha value is -1.57. The van der Waals surface area contributed by atoms with Crippen molar-refractivity contribution in [1.29, 1.82) is 5.26 Å². The molecule has 2 atom stereocenters. The molecule has 0 saturated carbocycles. The highest BCUT2D eigenvalue weighted by molar-refractivity contribution is 7.19. The highest BCUT2D eigenvalue weighted by Gasteiger charge is 2.27. The zero-order valence-corrected chi connectivity index (χ0v) is 12.6. The van der Waals surface area contributed by atoms with Gasteiger partial charge in [0.25, 0.3) is 0 Å². The van der Waals surface area contributed by atoms with Gasteiger partial charge in [0, 0.05) is 22.0 Å². The number of hydrogen-bond acceptors (Lipinski definition) is 4. The number of methoxy groups -OCH3 is 1. The summed E-state index contributed by atoms with van der Waals surface area (Å²) in [6.45, 7) is 3.38. The SMILES string of the molecule is COc1c(C(C)C2CCCN2)sc2cc(C#N)ccc12. The summed E-state index contributed by atoms with van der Waals surface area (Å²) in [5.74, 6) is 1.42. The Morgan fingerprint density at radius 1 is 1.50 bits per heavy atom. The van der Waals surface area contributed by atoms with E-state index in [4.69, 9.17) is 10.00 Å². The number of rotatable bonds is 3. The molecule has 2 unspecified atom stereocenters. The molecule has 104 valence electrons. The number of fused-ring (bicyclic) bond motifs is 1. The van der Waals surface area contributed by atoms with Gasteiger partial charge < -0.3 is 10.1 Å². The average Bonchev–Trinajstić information content (AvgIpc) is 3.12. The van der Waals surface area contributed by atoms with Gasteiger partial charge in [0.05, 0.1) is 23.6 Å². The van der Waals surface area contributed by atoms with Crippen LogP contribution in [0.5, 0.6) is 5.75 Å². The van der Waals surface area contributed by atoms with Crippen molar-refractivity contribution in [3.8, 4) is 11.8 Å². The second-order valence-electron chi connectivity index (χ2n) is 5.31. The van der Waals surface area contributed by atoms with Crippen LogP contribution in [0.25, 0.3) is 10.1 Å². The zero-order chi connectivity index (χ0) is 14.1. The third kappa shape index (κ3) is 2.17. The highest BCUT2D eigenvalue weighted by Crippen LogP contribution is 2.44. The Bertz CT molecular complexity index is 665. The maximum atomic E-state index is 9.03. The van der Waals surface area contributed by atoms with Gasteiger partial charge in [-0.2, -0.15) is 5.26 Å². The molecule has 1 N–H and O–H groups in total. The fourth-order valence-electron chi connectivity index (χ4n) is 2.99. The zero-order valence-electron chi connectivity index (χ0n) is 11.8. The molecule has 20 heavy (non-hydrogen) atoms. The van der Waals surface area contributed by atoms with E-state index < -0.39 is 0 Å². The highest BCUT2D eigenvalue weighted by atomic mass is 32.1. The Labute approximate surface area is 123 Å². The summed E-state index contributed by atoms with van der Waals surface area (Å²) >= 11 is 1.76. The van der Waals surface area contributed by atoms with E-state index in [1.54, 1.807) is 18.4 Å². The van der Waals surface area contributed by atoms with Crippen molar-refractivity contribution in [1.82, 2.24) is 5.32 Å². The predicted molar refractivity (Wildman–Crippen MR) is 82.5 cm³/mol. The molecule has 1 aromatic heterocycles. The van der Waals surface area contributed by atoms with Crippen LogP contribution >= 0.6 is 11.3 Å². The van der Waals surface area contributed by atoms with Crippen molar-refractivity contribution >= 4 is 21.4 Å². The summed E-state index contributed by atoms with van der Waals surface area (Å²) in [7, 11) is 1.73. The van der Waals surface area contributed by atoms with Crippen molar-refractivity contribution in [2.24, 2.45) is 0 Å². The molecule has 1 saturated heterocycles. The summed E-state index contributed by atoms with van der Waals surface area (Å²) < 4.78 is 6.79. The number of hydrogen-bond donors (Lipinski definition) is 1. The monoisotopic (exact) mass is 286 g/mol. The summed E-state index contributed by atoms with van der Waals surface area (Å²) in [5.41, 5.74) is 0.708. The van der Waals surface area contributed by atoms with Crippen molar-refractivity contribution in [2.75, 3.05) is 13.7 Å². The van der Waals surface area contributed by atoms with Gasteiger partial charge in [-0.05, 0) is 37.6 Å². The predicted octanol–water partition coefficient (Wildman–Crippen LogP) is 3.64. The van der Waals surface area contributed by atoms with E-state index in [2.05, 4.69) is 18.3 Å². The number of benzene rings is 1. The largest absolute Gasteiger partial charge is 0.495 e. The molecule has 1 aromatic carbocycles. The molecule has 1 aliphatic rings. The molecule has 0 spiro atoms. The van der Waals surface area contributed by atoms with E-state index in [1.807, 2.05) is 18.2 Å². The van der Waals surface area contributed by atoms with Crippen LogP contribution in [-0.2, 0) is 0 Å². The summed E-state index contributed by atoms with van der Waals surface area (Å²) in [5, 5.41) is 13.7. The molecule has 3 rings (SSSR count). The second-order valence-corrected chi connectivity index (χ2v) is 6.40. The Morgan fingerprint density at radius 3 is 3.00 bits per heavy atom. The number of ether oxygens (including phenoxy) is 1. The standard InChI is InChI=1S/C16H18N2OS/c1-10(13-4-3-7-18-13)16-15(19-2)12-6-5-11(9-17)8-14(12)20-16/h5-6,8,10,13,18H,3-4,7H2,1-2H3. The van der Waals surface area contributed by atoms with Gasteiger partial charge in [0.2, 0.25) is 0 Å². The van der Waals surface area contributed by atoms with Crippen LogP contribution in [-0.4, -0.2) is 19.7 Å². The molecular weight excluding hydrogens is 268 g/mol. The first-order valence-corrected chi connectivity index (χ1v) is 7.80. The molecule has 0 bridgehead atoms. The van der Waals surface area contributed by atoms with Crippen LogP contribution in [0.15, 0.2) is 18.2 Å². The molecule has 4 heteroatoms. The van der Waals surface area contributed by atoms with Crippen LogP contribution in [0.3, 0.4) is 0 Å². The lowest BCUT2D eigenvalue weighted by Crippen LogP contribution is -2.26. The van der Waals surface area contributed by atoms with Crippen molar-refractivity contribution in [3.63, 3.8) is 0 Å². The quantitative estimate of drug-likeness (QED) is 0.937. The molecule has 2 heterocycles. The number of nitriles is 1. The van der Waals surface area contributed by atoms with Crippen LogP contribution in [0.4, 0.5) is 0 Å². The number of nitrogens with one attached hydrogen (secondary N) is 1. The van der Waals surface area contributed by atoms with Gasteiger partial charge in [-0.25, -0.2) is 0 Å². The van der Waals surface area contributed by atoms with Crippen molar-refractivity contribution in [3.05, 3.63) is 28.6 Å². The normalized spacial score (nSPS) is 19.9. The second kappa shape index (κ2) is 5.43. The topological polar surface area (TPSA) is 45.0 Å². The molecule has 1 aliphatic heterocycles. The fourth-order valence-corrected chi connectivity index (χ4v) is 4.32. The molecule has 0 radical (unpaired) electrons. The van der Waals surface area contributed by atoms with Crippen LogP contribution in [0.1, 0.15) is 36.1 Å². The Kier molecular flexibility index (Phi) is 3.64. The molecule has 3 nitrogen and oxygen atoms in total. The van der Waals surface area contributed by atoms with Gasteiger partial charge in [-0.1, -0.05) is 6.92 Å². The lowest BCUT2D eigenvalue weighted by atomic mass is 9.97. The van der Waals surface area contributed by atoms with E-state index in [9.17, 15) is 0 Å². The number of thiophene rings is 1. The van der Waals surface area contributed by atoms with E-state index >= 15 is 0 Å². The minimum absolute atomic E-state index is 0.440. The maximum Gasteiger partial charge on any atom is 0.140 e. The van der Waals surface area contributed by atoms with Gasteiger partial charge in [0.15, 0.2) is 0 Å². The van der Waals surface area contributed by atoms with E-state index in [1.165, 1.54) is 17.7 Å². The van der Waals surface area contributed by atoms with Crippen molar-refractivity contribution in [2.45, 2.75) is 31.7 Å². The smallest absolute Gasteiger partial charge is 0.140 e. The maximum absolute atomic E-state index is 9.03. The molecule has 2 aromatic rings. The molecule has 0 aliphatic carbocycles. The fraction of sp³-hybridized carbons (Fsp3) is 0.438. The van der Waals surface area contributed by atoms with E-state index in [-0.39, 0.29) is 0 Å². The molecule has 1 fully saturated rings. The lowest BCUT2D eigenvalue weighted by Gasteiger charge is -2.19. The summed E-state index contributed by atoms with van der Waals surface area (Å²) in [4.78, 5) is 1.29. The number of nitrogens with zero attached hydrogens (tertiary/aromatic N) is 1. The van der Waals surface area contributed by atoms with E-state index in [0.717, 1.165) is 22.4 Å². The lowest BCUT2D eigenvalue weighted by molar-refractivity contribution is 0.407. The molecule has 0 amide bonds. The molecular formula is C16H18N2OS. The minimum Gasteiger partial charge on any atom is -0.495 e.